The molecule has 0 spiro atoms. The second kappa shape index (κ2) is 4.19. The summed E-state index contributed by atoms with van der Waals surface area (Å²) in [7, 11) is 0. The number of carbonyl (C=O) groups is 2. The molecule has 0 aliphatic rings. The quantitative estimate of drug-likeness (QED) is 0.736. The first-order chi connectivity index (χ1) is 7.04. The molecule has 1 rings (SSSR count). The van der Waals surface area contributed by atoms with Crippen LogP contribution in [0.1, 0.15) is 22.8 Å². The minimum absolute atomic E-state index is 0.0611. The molecule has 0 radical (unpaired) electrons. The van der Waals surface area contributed by atoms with E-state index in [2.05, 4.69) is 10.3 Å². The highest BCUT2D eigenvalue weighted by Gasteiger charge is 2.13. The van der Waals surface area contributed by atoms with Crippen LogP contribution in [0.25, 0.3) is 0 Å². The van der Waals surface area contributed by atoms with Crippen LogP contribution in [0.2, 0.25) is 0 Å². The zero-order valence-corrected chi connectivity index (χ0v) is 7.81. The van der Waals surface area contributed by atoms with Gasteiger partial charge in [-0.3, -0.25) is 4.79 Å². The van der Waals surface area contributed by atoms with Gasteiger partial charge in [-0.2, -0.15) is 5.26 Å². The number of anilines is 1. The van der Waals surface area contributed by atoms with Crippen molar-refractivity contribution in [2.75, 3.05) is 5.32 Å². The minimum atomic E-state index is -1.25. The maximum absolute atomic E-state index is 10.8. The predicted molar refractivity (Wildman–Crippen MR) is 50.2 cm³/mol. The monoisotopic (exact) mass is 205 g/mol. The van der Waals surface area contributed by atoms with E-state index in [1.165, 1.54) is 13.1 Å². The largest absolute Gasteiger partial charge is 0.478 e. The van der Waals surface area contributed by atoms with Gasteiger partial charge in [-0.25, -0.2) is 9.78 Å². The molecule has 0 saturated heterocycles. The van der Waals surface area contributed by atoms with Crippen molar-refractivity contribution in [2.45, 2.75) is 6.92 Å². The van der Waals surface area contributed by atoms with Crippen molar-refractivity contribution in [3.05, 3.63) is 23.4 Å². The molecule has 0 atom stereocenters. The number of nitriles is 1. The van der Waals surface area contributed by atoms with E-state index >= 15 is 0 Å². The van der Waals surface area contributed by atoms with Gasteiger partial charge in [0.05, 0.1) is 5.56 Å². The topological polar surface area (TPSA) is 103 Å². The highest BCUT2D eigenvalue weighted by Crippen LogP contribution is 2.13. The minimum Gasteiger partial charge on any atom is -0.478 e. The molecule has 76 valence electrons. The van der Waals surface area contributed by atoms with Crippen molar-refractivity contribution in [2.24, 2.45) is 0 Å². The van der Waals surface area contributed by atoms with Crippen LogP contribution in [0.5, 0.6) is 0 Å². The fourth-order valence-corrected chi connectivity index (χ4v) is 0.955. The van der Waals surface area contributed by atoms with Crippen molar-refractivity contribution in [3.8, 4) is 6.07 Å². The van der Waals surface area contributed by atoms with E-state index in [0.717, 1.165) is 6.07 Å². The Hall–Kier alpha value is -2.42. The molecule has 15 heavy (non-hydrogen) atoms. The molecular formula is C9H7N3O3. The summed E-state index contributed by atoms with van der Waals surface area (Å²) in [4.78, 5) is 25.2. The Bertz CT molecular complexity index is 462. The highest BCUT2D eigenvalue weighted by molar-refractivity contribution is 5.98. The lowest BCUT2D eigenvalue weighted by molar-refractivity contribution is -0.114. The van der Waals surface area contributed by atoms with Gasteiger partial charge >= 0.3 is 5.97 Å². The van der Waals surface area contributed by atoms with Gasteiger partial charge in [-0.15, -0.1) is 0 Å². The molecule has 0 fully saturated rings. The molecular weight excluding hydrogens is 198 g/mol. The lowest BCUT2D eigenvalue weighted by Gasteiger charge is -2.04. The van der Waals surface area contributed by atoms with Crippen molar-refractivity contribution in [1.82, 2.24) is 4.98 Å². The van der Waals surface area contributed by atoms with Crippen molar-refractivity contribution >= 4 is 17.7 Å². The Morgan fingerprint density at radius 2 is 2.27 bits per heavy atom. The third kappa shape index (κ3) is 2.51. The molecule has 6 nitrogen and oxygen atoms in total. The van der Waals surface area contributed by atoms with Crippen LogP contribution in [0, 0.1) is 11.3 Å². The molecule has 1 heterocycles. The van der Waals surface area contributed by atoms with Gasteiger partial charge < -0.3 is 10.4 Å². The molecule has 0 aliphatic heterocycles. The third-order valence-corrected chi connectivity index (χ3v) is 1.54. The average Bonchev–Trinajstić information content (AvgIpc) is 2.17. The standard InChI is InChI=1S/C9H7N3O3/c1-5(13)12-8-7(9(14)15)2-6(3-10)4-11-8/h2,4H,1H3,(H,14,15)(H,11,12,13). The molecule has 1 aromatic heterocycles. The van der Waals surface area contributed by atoms with Crippen LogP contribution in [-0.2, 0) is 4.79 Å². The van der Waals surface area contributed by atoms with Gasteiger partial charge in [-0.1, -0.05) is 0 Å². The molecule has 1 aromatic rings. The number of nitrogens with one attached hydrogen (secondary N) is 1. The van der Waals surface area contributed by atoms with Gasteiger partial charge in [0.2, 0.25) is 5.91 Å². The first kappa shape index (κ1) is 10.7. The number of pyridine rings is 1. The maximum Gasteiger partial charge on any atom is 0.339 e. The SMILES string of the molecule is CC(=O)Nc1ncc(C#N)cc1C(=O)O. The summed E-state index contributed by atoms with van der Waals surface area (Å²) < 4.78 is 0. The molecule has 0 aromatic carbocycles. The number of aromatic nitrogens is 1. The summed E-state index contributed by atoms with van der Waals surface area (Å²) in [5, 5.41) is 19.6. The summed E-state index contributed by atoms with van der Waals surface area (Å²) in [6.07, 6.45) is 1.19. The fourth-order valence-electron chi connectivity index (χ4n) is 0.955. The lowest BCUT2D eigenvalue weighted by atomic mass is 10.2. The fraction of sp³-hybridized carbons (Fsp3) is 0.111. The number of rotatable bonds is 2. The van der Waals surface area contributed by atoms with Crippen LogP contribution in [0.15, 0.2) is 12.3 Å². The number of nitrogens with zero attached hydrogens (tertiary/aromatic N) is 2. The molecule has 1 amide bonds. The van der Waals surface area contributed by atoms with E-state index in [9.17, 15) is 9.59 Å². The summed E-state index contributed by atoms with van der Waals surface area (Å²) in [6.45, 7) is 1.24. The average molecular weight is 205 g/mol. The number of carbonyl (C=O) groups excluding carboxylic acids is 1. The second-order valence-corrected chi connectivity index (χ2v) is 2.72. The van der Waals surface area contributed by atoms with Crippen LogP contribution in [-0.4, -0.2) is 22.0 Å². The van der Waals surface area contributed by atoms with E-state index in [-0.39, 0.29) is 16.9 Å². The van der Waals surface area contributed by atoms with E-state index in [1.54, 1.807) is 6.07 Å². The van der Waals surface area contributed by atoms with E-state index < -0.39 is 11.9 Å². The Kier molecular flexibility index (Phi) is 2.98. The van der Waals surface area contributed by atoms with E-state index in [0.29, 0.717) is 0 Å². The summed E-state index contributed by atoms with van der Waals surface area (Å²) >= 11 is 0. The Balaban J connectivity index is 3.22. The van der Waals surface area contributed by atoms with Gasteiger partial charge in [0.25, 0.3) is 0 Å². The van der Waals surface area contributed by atoms with E-state index in [4.69, 9.17) is 10.4 Å². The lowest BCUT2D eigenvalue weighted by Crippen LogP contribution is -2.12. The van der Waals surface area contributed by atoms with E-state index in [1.807, 2.05) is 0 Å². The Morgan fingerprint density at radius 1 is 1.60 bits per heavy atom. The van der Waals surface area contributed by atoms with Gasteiger partial charge in [0, 0.05) is 13.1 Å². The number of hydrogen-bond acceptors (Lipinski definition) is 4. The smallest absolute Gasteiger partial charge is 0.339 e. The van der Waals surface area contributed by atoms with Crippen molar-refractivity contribution in [1.29, 1.82) is 5.26 Å². The van der Waals surface area contributed by atoms with Crippen LogP contribution in [0.3, 0.4) is 0 Å². The van der Waals surface area contributed by atoms with Gasteiger partial charge in [-0.05, 0) is 6.07 Å². The van der Waals surface area contributed by atoms with Crippen molar-refractivity contribution in [3.63, 3.8) is 0 Å². The zero-order valence-electron chi connectivity index (χ0n) is 7.81. The molecule has 0 aliphatic carbocycles. The zero-order chi connectivity index (χ0) is 11.4. The number of amides is 1. The molecule has 0 saturated carbocycles. The highest BCUT2D eigenvalue weighted by atomic mass is 16.4. The van der Waals surface area contributed by atoms with Gasteiger partial charge in [0.1, 0.15) is 17.5 Å². The molecule has 0 bridgehead atoms. The first-order valence-electron chi connectivity index (χ1n) is 3.95. The summed E-state index contributed by atoms with van der Waals surface area (Å²) in [6, 6.07) is 2.92. The second-order valence-electron chi connectivity index (χ2n) is 2.72. The van der Waals surface area contributed by atoms with Crippen LogP contribution in [0.4, 0.5) is 5.82 Å². The van der Waals surface area contributed by atoms with Crippen LogP contribution < -0.4 is 5.32 Å². The number of carboxylic acid groups (broad SMARTS) is 1. The summed E-state index contributed by atoms with van der Waals surface area (Å²) in [5.74, 6) is -1.73. The number of hydrogen-bond donors (Lipinski definition) is 2. The molecule has 0 unspecified atom stereocenters. The van der Waals surface area contributed by atoms with Crippen molar-refractivity contribution < 1.29 is 14.7 Å². The van der Waals surface area contributed by atoms with Gasteiger partial charge in [0.15, 0.2) is 0 Å². The predicted octanol–water partition coefficient (Wildman–Crippen LogP) is 0.610. The maximum atomic E-state index is 10.8. The Labute approximate surface area is 85.2 Å². The molecule has 2 N–H and O–H groups in total. The first-order valence-corrected chi connectivity index (χ1v) is 3.95. The Morgan fingerprint density at radius 3 is 2.73 bits per heavy atom. The number of carboxylic acids is 1. The normalized spacial score (nSPS) is 9.07. The number of aromatic carboxylic acids is 1. The molecule has 6 heteroatoms. The summed E-state index contributed by atoms with van der Waals surface area (Å²) in [5.41, 5.74) is -0.0780. The third-order valence-electron chi connectivity index (χ3n) is 1.54. The van der Waals surface area contributed by atoms with Crippen LogP contribution >= 0.6 is 0 Å².